The molecular formula is C12H14N2. The standard InChI is InChI=1S/C12H14N2/c1-9-4-3-5-11-7-14(8-13)10(2)6-12(9)11/h3-5,10H,6-7H2,1-2H3. The van der Waals surface area contributed by atoms with Gasteiger partial charge in [-0.2, -0.15) is 5.26 Å². The first kappa shape index (κ1) is 9.08. The van der Waals surface area contributed by atoms with Crippen LogP contribution in [0.4, 0.5) is 0 Å². The van der Waals surface area contributed by atoms with Crippen molar-refractivity contribution in [1.29, 1.82) is 5.26 Å². The number of hydrogen-bond donors (Lipinski definition) is 0. The Balaban J connectivity index is 2.41. The molecule has 72 valence electrons. The summed E-state index contributed by atoms with van der Waals surface area (Å²) in [5.74, 6) is 0. The number of benzene rings is 1. The van der Waals surface area contributed by atoms with Crippen LogP contribution in [0.5, 0.6) is 0 Å². The lowest BCUT2D eigenvalue weighted by atomic mass is 9.92. The molecule has 1 aromatic rings. The smallest absolute Gasteiger partial charge is 0.179 e. The van der Waals surface area contributed by atoms with Crippen LogP contribution in [0.2, 0.25) is 0 Å². The molecule has 0 saturated heterocycles. The largest absolute Gasteiger partial charge is 0.303 e. The Morgan fingerprint density at radius 3 is 3.00 bits per heavy atom. The Kier molecular flexibility index (Phi) is 2.17. The molecule has 1 aliphatic heterocycles. The fourth-order valence-electron chi connectivity index (χ4n) is 2.08. The van der Waals surface area contributed by atoms with Gasteiger partial charge in [-0.15, -0.1) is 0 Å². The zero-order chi connectivity index (χ0) is 10.1. The minimum atomic E-state index is 0.341. The van der Waals surface area contributed by atoms with Crippen LogP contribution in [0.1, 0.15) is 23.6 Å². The van der Waals surface area contributed by atoms with Gasteiger partial charge < -0.3 is 4.90 Å². The van der Waals surface area contributed by atoms with Gasteiger partial charge in [0.15, 0.2) is 6.19 Å². The van der Waals surface area contributed by atoms with E-state index < -0.39 is 0 Å². The average molecular weight is 186 g/mol. The highest BCUT2D eigenvalue weighted by atomic mass is 15.1. The van der Waals surface area contributed by atoms with E-state index in [1.54, 1.807) is 0 Å². The lowest BCUT2D eigenvalue weighted by Gasteiger charge is -2.31. The Hall–Kier alpha value is -1.49. The summed E-state index contributed by atoms with van der Waals surface area (Å²) in [7, 11) is 0. The molecule has 0 aliphatic carbocycles. The molecule has 14 heavy (non-hydrogen) atoms. The van der Waals surface area contributed by atoms with Crippen molar-refractivity contribution in [3.05, 3.63) is 34.9 Å². The number of nitriles is 1. The Morgan fingerprint density at radius 2 is 2.29 bits per heavy atom. The third-order valence-corrected chi connectivity index (χ3v) is 3.01. The topological polar surface area (TPSA) is 27.0 Å². The predicted molar refractivity (Wildman–Crippen MR) is 55.5 cm³/mol. The molecular weight excluding hydrogens is 172 g/mol. The van der Waals surface area contributed by atoms with Gasteiger partial charge in [-0.1, -0.05) is 18.2 Å². The highest BCUT2D eigenvalue weighted by Crippen LogP contribution is 2.24. The van der Waals surface area contributed by atoms with Crippen LogP contribution in [0.15, 0.2) is 18.2 Å². The lowest BCUT2D eigenvalue weighted by Crippen LogP contribution is -2.34. The van der Waals surface area contributed by atoms with Crippen molar-refractivity contribution in [3.8, 4) is 6.19 Å². The van der Waals surface area contributed by atoms with E-state index in [1.807, 2.05) is 4.90 Å². The van der Waals surface area contributed by atoms with E-state index in [0.717, 1.165) is 13.0 Å². The predicted octanol–water partition coefficient (Wildman–Crippen LogP) is 2.22. The van der Waals surface area contributed by atoms with Crippen LogP contribution < -0.4 is 0 Å². The van der Waals surface area contributed by atoms with Crippen molar-refractivity contribution in [1.82, 2.24) is 4.90 Å². The molecule has 0 amide bonds. The normalized spacial score (nSPS) is 20.1. The third-order valence-electron chi connectivity index (χ3n) is 3.01. The molecule has 0 fully saturated rings. The zero-order valence-electron chi connectivity index (χ0n) is 8.62. The maximum Gasteiger partial charge on any atom is 0.179 e. The van der Waals surface area contributed by atoms with Gasteiger partial charge in [-0.3, -0.25) is 0 Å². The van der Waals surface area contributed by atoms with Gasteiger partial charge in [0.25, 0.3) is 0 Å². The highest BCUT2D eigenvalue weighted by molar-refractivity contribution is 5.37. The minimum absolute atomic E-state index is 0.341. The second kappa shape index (κ2) is 3.34. The summed E-state index contributed by atoms with van der Waals surface area (Å²) in [6.07, 6.45) is 3.24. The van der Waals surface area contributed by atoms with E-state index in [0.29, 0.717) is 6.04 Å². The van der Waals surface area contributed by atoms with Crippen molar-refractivity contribution < 1.29 is 0 Å². The summed E-state index contributed by atoms with van der Waals surface area (Å²) >= 11 is 0. The van der Waals surface area contributed by atoms with Gasteiger partial charge in [0.2, 0.25) is 0 Å². The maximum atomic E-state index is 8.93. The monoisotopic (exact) mass is 186 g/mol. The third kappa shape index (κ3) is 1.35. The molecule has 0 spiro atoms. The molecule has 2 heteroatoms. The summed E-state index contributed by atoms with van der Waals surface area (Å²) < 4.78 is 0. The van der Waals surface area contributed by atoms with E-state index in [1.165, 1.54) is 16.7 Å². The van der Waals surface area contributed by atoms with Crippen LogP contribution in [0, 0.1) is 18.4 Å². The van der Waals surface area contributed by atoms with E-state index >= 15 is 0 Å². The maximum absolute atomic E-state index is 8.93. The van der Waals surface area contributed by atoms with E-state index in [-0.39, 0.29) is 0 Å². The molecule has 1 aromatic carbocycles. The van der Waals surface area contributed by atoms with Gasteiger partial charge in [-0.25, -0.2) is 0 Å². The van der Waals surface area contributed by atoms with Gasteiger partial charge in [0.05, 0.1) is 6.54 Å². The van der Waals surface area contributed by atoms with Crippen LogP contribution in [0.25, 0.3) is 0 Å². The average Bonchev–Trinajstić information content (AvgIpc) is 2.19. The Morgan fingerprint density at radius 1 is 1.50 bits per heavy atom. The van der Waals surface area contributed by atoms with E-state index in [4.69, 9.17) is 5.26 Å². The van der Waals surface area contributed by atoms with Crippen molar-refractivity contribution in [2.45, 2.75) is 32.9 Å². The fraction of sp³-hybridized carbons (Fsp3) is 0.417. The first-order valence-corrected chi connectivity index (χ1v) is 4.96. The molecule has 1 aliphatic rings. The number of fused-ring (bicyclic) bond motifs is 1. The van der Waals surface area contributed by atoms with Crippen molar-refractivity contribution in [2.75, 3.05) is 0 Å². The minimum Gasteiger partial charge on any atom is -0.303 e. The van der Waals surface area contributed by atoms with Crippen molar-refractivity contribution >= 4 is 0 Å². The molecule has 0 N–H and O–H groups in total. The molecule has 0 aromatic heterocycles. The number of rotatable bonds is 0. The summed E-state index contributed by atoms with van der Waals surface area (Å²) in [6.45, 7) is 5.03. The zero-order valence-corrected chi connectivity index (χ0v) is 8.62. The molecule has 2 nitrogen and oxygen atoms in total. The molecule has 0 bridgehead atoms. The van der Waals surface area contributed by atoms with Gasteiger partial charge >= 0.3 is 0 Å². The molecule has 1 unspecified atom stereocenters. The SMILES string of the molecule is Cc1cccc2c1CC(C)N(C#N)C2. The quantitative estimate of drug-likeness (QED) is 0.581. The number of hydrogen-bond acceptors (Lipinski definition) is 2. The molecule has 2 rings (SSSR count). The van der Waals surface area contributed by atoms with Crippen molar-refractivity contribution in [3.63, 3.8) is 0 Å². The van der Waals surface area contributed by atoms with Crippen LogP contribution in [0.3, 0.4) is 0 Å². The summed E-state index contributed by atoms with van der Waals surface area (Å²) in [6, 6.07) is 6.68. The second-order valence-corrected chi connectivity index (χ2v) is 3.99. The van der Waals surface area contributed by atoms with Crippen LogP contribution in [-0.4, -0.2) is 10.9 Å². The van der Waals surface area contributed by atoms with E-state index in [2.05, 4.69) is 38.2 Å². The van der Waals surface area contributed by atoms with Gasteiger partial charge in [0.1, 0.15) is 0 Å². The molecule has 0 radical (unpaired) electrons. The lowest BCUT2D eigenvalue weighted by molar-refractivity contribution is 0.278. The first-order chi connectivity index (χ1) is 6.72. The summed E-state index contributed by atoms with van der Waals surface area (Å²) in [4.78, 5) is 1.85. The Labute approximate surface area is 84.8 Å². The molecule has 1 heterocycles. The molecule has 1 atom stereocenters. The van der Waals surface area contributed by atoms with Gasteiger partial charge in [-0.05, 0) is 37.0 Å². The number of aryl methyl sites for hydroxylation is 1. The van der Waals surface area contributed by atoms with Crippen molar-refractivity contribution in [2.24, 2.45) is 0 Å². The van der Waals surface area contributed by atoms with Crippen LogP contribution in [-0.2, 0) is 13.0 Å². The highest BCUT2D eigenvalue weighted by Gasteiger charge is 2.22. The Bertz CT molecular complexity index is 390. The molecule has 0 saturated carbocycles. The van der Waals surface area contributed by atoms with Crippen LogP contribution >= 0.6 is 0 Å². The fourth-order valence-corrected chi connectivity index (χ4v) is 2.08. The first-order valence-electron chi connectivity index (χ1n) is 4.96. The number of nitrogens with zero attached hydrogens (tertiary/aromatic N) is 2. The van der Waals surface area contributed by atoms with E-state index in [9.17, 15) is 0 Å². The summed E-state index contributed by atoms with van der Waals surface area (Å²) in [5.41, 5.74) is 4.10. The van der Waals surface area contributed by atoms with Gasteiger partial charge in [0, 0.05) is 6.04 Å². The second-order valence-electron chi connectivity index (χ2n) is 3.99. The summed E-state index contributed by atoms with van der Waals surface area (Å²) in [5, 5.41) is 8.93.